The molecule has 84 valence electrons. The summed E-state index contributed by atoms with van der Waals surface area (Å²) in [5, 5.41) is 0. The Morgan fingerprint density at radius 1 is 1.47 bits per heavy atom. The molecule has 0 radical (unpaired) electrons. The molecule has 1 fully saturated rings. The van der Waals surface area contributed by atoms with Crippen LogP contribution in [0.1, 0.15) is 36.7 Å². The zero-order valence-corrected chi connectivity index (χ0v) is 10.2. The van der Waals surface area contributed by atoms with Crippen molar-refractivity contribution in [3.8, 4) is 0 Å². The van der Waals surface area contributed by atoms with Gasteiger partial charge in [0, 0.05) is 11.4 Å². The first-order chi connectivity index (χ1) is 7.29. The van der Waals surface area contributed by atoms with Crippen molar-refractivity contribution in [3.05, 3.63) is 21.3 Å². The molecule has 1 heterocycles. The summed E-state index contributed by atoms with van der Waals surface area (Å²) >= 11 is 7.46. The molecule has 1 saturated carbocycles. The van der Waals surface area contributed by atoms with Crippen LogP contribution in [-0.2, 0) is 4.74 Å². The van der Waals surface area contributed by atoms with Crippen LogP contribution < -0.4 is 5.73 Å². The lowest BCUT2D eigenvalue weighted by Gasteiger charge is -2.19. The molecule has 1 unspecified atom stereocenters. The van der Waals surface area contributed by atoms with E-state index in [2.05, 4.69) is 0 Å². The molecule has 1 aromatic rings. The van der Waals surface area contributed by atoms with Gasteiger partial charge in [-0.05, 0) is 25.0 Å². The maximum Gasteiger partial charge on any atom is 0.104 e. The highest BCUT2D eigenvalue weighted by Gasteiger charge is 2.21. The Hall–Kier alpha value is -0.0900. The molecule has 1 aliphatic carbocycles. The molecular formula is C11H16ClNOS. The Morgan fingerprint density at radius 2 is 2.20 bits per heavy atom. The molecule has 1 aromatic heterocycles. The minimum Gasteiger partial charge on any atom is -0.368 e. The van der Waals surface area contributed by atoms with E-state index in [-0.39, 0.29) is 6.10 Å². The van der Waals surface area contributed by atoms with E-state index in [0.717, 1.165) is 9.21 Å². The highest BCUT2D eigenvalue weighted by molar-refractivity contribution is 7.16. The highest BCUT2D eigenvalue weighted by Crippen LogP contribution is 2.32. The van der Waals surface area contributed by atoms with Crippen molar-refractivity contribution >= 4 is 22.9 Å². The van der Waals surface area contributed by atoms with Gasteiger partial charge in [-0.15, -0.1) is 11.3 Å². The van der Waals surface area contributed by atoms with Gasteiger partial charge in [0.1, 0.15) is 6.10 Å². The Bertz CT molecular complexity index is 309. The third-order valence-corrected chi connectivity index (χ3v) is 4.11. The van der Waals surface area contributed by atoms with E-state index >= 15 is 0 Å². The van der Waals surface area contributed by atoms with Gasteiger partial charge in [-0.25, -0.2) is 0 Å². The number of hydrogen-bond donors (Lipinski definition) is 1. The molecule has 15 heavy (non-hydrogen) atoms. The molecule has 2 rings (SSSR count). The number of hydrogen-bond acceptors (Lipinski definition) is 3. The molecule has 1 aliphatic rings. The monoisotopic (exact) mass is 245 g/mol. The molecule has 0 aliphatic heterocycles. The average molecular weight is 246 g/mol. The van der Waals surface area contributed by atoms with Gasteiger partial charge in [0.15, 0.2) is 0 Å². The second-order valence-corrected chi connectivity index (χ2v) is 5.66. The highest BCUT2D eigenvalue weighted by atomic mass is 35.5. The minimum absolute atomic E-state index is 0.0330. The molecule has 1 atom stereocenters. The number of ether oxygens (including phenoxy) is 1. The van der Waals surface area contributed by atoms with Crippen molar-refractivity contribution in [2.75, 3.05) is 6.54 Å². The van der Waals surface area contributed by atoms with Crippen LogP contribution in [0.3, 0.4) is 0 Å². The number of nitrogens with two attached hydrogens (primary N) is 1. The van der Waals surface area contributed by atoms with Crippen molar-refractivity contribution < 1.29 is 4.74 Å². The van der Waals surface area contributed by atoms with E-state index in [1.165, 1.54) is 25.7 Å². The summed E-state index contributed by atoms with van der Waals surface area (Å²) in [4.78, 5) is 1.15. The summed E-state index contributed by atoms with van der Waals surface area (Å²) in [5.41, 5.74) is 5.73. The molecule has 0 bridgehead atoms. The van der Waals surface area contributed by atoms with Crippen LogP contribution >= 0.6 is 22.9 Å². The fraction of sp³-hybridized carbons (Fsp3) is 0.636. The fourth-order valence-electron chi connectivity index (χ4n) is 2.00. The Kier molecular flexibility index (Phi) is 4.03. The average Bonchev–Trinajstić information content (AvgIpc) is 2.85. The maximum atomic E-state index is 5.99. The standard InChI is InChI=1S/C11H16ClNOS/c12-11-6-5-10(15-11)9(7-13)14-8-3-1-2-4-8/h5-6,8-9H,1-4,7,13H2. The topological polar surface area (TPSA) is 35.2 Å². The van der Waals surface area contributed by atoms with E-state index in [0.29, 0.717) is 12.6 Å². The van der Waals surface area contributed by atoms with Crippen LogP contribution in [0.4, 0.5) is 0 Å². The summed E-state index contributed by atoms with van der Waals surface area (Å²) in [7, 11) is 0. The van der Waals surface area contributed by atoms with Gasteiger partial charge in [-0.2, -0.15) is 0 Å². The summed E-state index contributed by atoms with van der Waals surface area (Å²) in [6, 6.07) is 3.92. The maximum absolute atomic E-state index is 5.99. The lowest BCUT2D eigenvalue weighted by molar-refractivity contribution is -0.00248. The van der Waals surface area contributed by atoms with Gasteiger partial charge >= 0.3 is 0 Å². The van der Waals surface area contributed by atoms with E-state index < -0.39 is 0 Å². The van der Waals surface area contributed by atoms with Crippen molar-refractivity contribution in [1.29, 1.82) is 0 Å². The Balaban J connectivity index is 1.97. The van der Waals surface area contributed by atoms with Crippen LogP contribution in [0.5, 0.6) is 0 Å². The number of halogens is 1. The number of thiophene rings is 1. The lowest BCUT2D eigenvalue weighted by Crippen LogP contribution is -2.20. The van der Waals surface area contributed by atoms with Crippen LogP contribution in [0, 0.1) is 0 Å². The summed E-state index contributed by atoms with van der Waals surface area (Å²) < 4.78 is 6.79. The van der Waals surface area contributed by atoms with Gasteiger partial charge in [0.25, 0.3) is 0 Å². The molecule has 0 amide bonds. The summed E-state index contributed by atoms with van der Waals surface area (Å²) in [5.74, 6) is 0. The summed E-state index contributed by atoms with van der Waals surface area (Å²) in [6.45, 7) is 0.535. The quantitative estimate of drug-likeness (QED) is 0.883. The predicted octanol–water partition coefficient (Wildman–Crippen LogP) is 3.36. The zero-order valence-electron chi connectivity index (χ0n) is 8.62. The van der Waals surface area contributed by atoms with Crippen molar-refractivity contribution in [2.45, 2.75) is 37.9 Å². The Morgan fingerprint density at radius 3 is 2.73 bits per heavy atom. The van der Waals surface area contributed by atoms with Crippen molar-refractivity contribution in [1.82, 2.24) is 0 Å². The van der Waals surface area contributed by atoms with Gasteiger partial charge in [-0.3, -0.25) is 0 Å². The molecule has 2 nitrogen and oxygen atoms in total. The second-order valence-electron chi connectivity index (χ2n) is 3.91. The van der Waals surface area contributed by atoms with E-state index in [1.54, 1.807) is 11.3 Å². The fourth-order valence-corrected chi connectivity index (χ4v) is 3.11. The van der Waals surface area contributed by atoms with Crippen LogP contribution in [0.2, 0.25) is 4.34 Å². The third kappa shape index (κ3) is 2.94. The molecular weight excluding hydrogens is 230 g/mol. The first kappa shape index (κ1) is 11.4. The lowest BCUT2D eigenvalue weighted by atomic mass is 10.2. The van der Waals surface area contributed by atoms with Crippen LogP contribution in [-0.4, -0.2) is 12.6 Å². The largest absolute Gasteiger partial charge is 0.368 e. The predicted molar refractivity (Wildman–Crippen MR) is 64.5 cm³/mol. The van der Waals surface area contributed by atoms with E-state index in [9.17, 15) is 0 Å². The van der Waals surface area contributed by atoms with Gasteiger partial charge < -0.3 is 10.5 Å². The zero-order chi connectivity index (χ0) is 10.7. The SMILES string of the molecule is NCC(OC1CCCC1)c1ccc(Cl)s1. The van der Waals surface area contributed by atoms with Crippen LogP contribution in [0.15, 0.2) is 12.1 Å². The Labute approximate surface area is 99.4 Å². The first-order valence-corrected chi connectivity index (χ1v) is 6.60. The van der Waals surface area contributed by atoms with Crippen LogP contribution in [0.25, 0.3) is 0 Å². The van der Waals surface area contributed by atoms with Crippen molar-refractivity contribution in [3.63, 3.8) is 0 Å². The molecule has 0 aromatic carbocycles. The normalized spacial score (nSPS) is 19.6. The first-order valence-electron chi connectivity index (χ1n) is 5.40. The van der Waals surface area contributed by atoms with E-state index in [4.69, 9.17) is 22.1 Å². The van der Waals surface area contributed by atoms with Crippen molar-refractivity contribution in [2.24, 2.45) is 5.73 Å². The minimum atomic E-state index is 0.0330. The molecule has 0 saturated heterocycles. The van der Waals surface area contributed by atoms with Gasteiger partial charge in [-0.1, -0.05) is 24.4 Å². The second kappa shape index (κ2) is 5.30. The third-order valence-electron chi connectivity index (χ3n) is 2.78. The van der Waals surface area contributed by atoms with Gasteiger partial charge in [0.2, 0.25) is 0 Å². The molecule has 4 heteroatoms. The molecule has 0 spiro atoms. The summed E-state index contributed by atoms with van der Waals surface area (Å²) in [6.07, 6.45) is 5.36. The van der Waals surface area contributed by atoms with Gasteiger partial charge in [0.05, 0.1) is 10.4 Å². The smallest absolute Gasteiger partial charge is 0.104 e. The molecule has 2 N–H and O–H groups in total. The van der Waals surface area contributed by atoms with E-state index in [1.807, 2.05) is 12.1 Å². The number of rotatable bonds is 4.